The molecule has 0 radical (unpaired) electrons. The van der Waals surface area contributed by atoms with E-state index >= 15 is 0 Å². The van der Waals surface area contributed by atoms with Crippen molar-refractivity contribution in [3.8, 4) is 0 Å². The summed E-state index contributed by atoms with van der Waals surface area (Å²) in [5.41, 5.74) is 0.657. The van der Waals surface area contributed by atoms with Gasteiger partial charge in [0, 0.05) is 18.4 Å². The van der Waals surface area contributed by atoms with Crippen LogP contribution in [-0.2, 0) is 10.1 Å². The van der Waals surface area contributed by atoms with Gasteiger partial charge < -0.3 is 9.64 Å². The summed E-state index contributed by atoms with van der Waals surface area (Å²) >= 11 is 3.20. The lowest BCUT2D eigenvalue weighted by Gasteiger charge is -2.37. The number of alkyl halides is 1. The van der Waals surface area contributed by atoms with Crippen LogP contribution in [0.25, 0.3) is 0 Å². The van der Waals surface area contributed by atoms with Crippen molar-refractivity contribution in [3.05, 3.63) is 29.3 Å². The summed E-state index contributed by atoms with van der Waals surface area (Å²) < 4.78 is 33.6. The third-order valence-corrected chi connectivity index (χ3v) is 3.61. The molecular weight excluding hydrogens is 304 g/mol. The van der Waals surface area contributed by atoms with E-state index in [-0.39, 0.29) is 17.9 Å². The molecule has 1 aromatic rings. The minimum Gasteiger partial charge on any atom is -0.372 e. The van der Waals surface area contributed by atoms with E-state index in [1.807, 2.05) is 13.8 Å². The van der Waals surface area contributed by atoms with E-state index in [0.29, 0.717) is 24.0 Å². The highest BCUT2D eigenvalue weighted by Crippen LogP contribution is 2.28. The Kier molecular flexibility index (Phi) is 4.22. The molecule has 1 aromatic carbocycles. The van der Waals surface area contributed by atoms with E-state index in [1.165, 1.54) is 12.1 Å². The molecule has 0 amide bonds. The van der Waals surface area contributed by atoms with Gasteiger partial charge in [-0.25, -0.2) is 8.78 Å². The Hall–Kier alpha value is -0.680. The highest BCUT2D eigenvalue weighted by Gasteiger charge is 2.26. The van der Waals surface area contributed by atoms with E-state index in [2.05, 4.69) is 15.9 Å². The monoisotopic (exact) mass is 319 g/mol. The lowest BCUT2D eigenvalue weighted by Crippen LogP contribution is -2.46. The highest BCUT2D eigenvalue weighted by atomic mass is 79.9. The normalized spacial score (nSPS) is 24.4. The number of anilines is 1. The lowest BCUT2D eigenvalue weighted by molar-refractivity contribution is -0.00558. The van der Waals surface area contributed by atoms with Crippen LogP contribution in [0.4, 0.5) is 14.5 Å². The second-order valence-corrected chi connectivity index (χ2v) is 5.26. The topological polar surface area (TPSA) is 12.5 Å². The van der Waals surface area contributed by atoms with Crippen molar-refractivity contribution in [3.63, 3.8) is 0 Å². The van der Waals surface area contributed by atoms with Gasteiger partial charge in [0.1, 0.15) is 17.3 Å². The van der Waals surface area contributed by atoms with Crippen molar-refractivity contribution in [1.29, 1.82) is 0 Å². The number of hydrogen-bond acceptors (Lipinski definition) is 2. The molecule has 100 valence electrons. The molecule has 1 aliphatic heterocycles. The second kappa shape index (κ2) is 5.53. The SMILES string of the molecule is C[C@@H]1CN(c2c(F)cc(CBr)cc2F)C[C@H](C)O1. The van der Waals surface area contributed by atoms with Gasteiger partial charge in [-0.15, -0.1) is 0 Å². The molecule has 0 N–H and O–H groups in total. The molecule has 1 fully saturated rings. The first-order valence-electron chi connectivity index (χ1n) is 5.95. The average molecular weight is 320 g/mol. The van der Waals surface area contributed by atoms with E-state index < -0.39 is 11.6 Å². The summed E-state index contributed by atoms with van der Waals surface area (Å²) in [4.78, 5) is 1.72. The van der Waals surface area contributed by atoms with E-state index in [9.17, 15) is 8.78 Å². The molecule has 1 heterocycles. The first-order valence-corrected chi connectivity index (χ1v) is 7.07. The Morgan fingerprint density at radius 2 is 1.72 bits per heavy atom. The van der Waals surface area contributed by atoms with Gasteiger partial charge in [0.2, 0.25) is 0 Å². The highest BCUT2D eigenvalue weighted by molar-refractivity contribution is 9.08. The van der Waals surface area contributed by atoms with Crippen LogP contribution in [0.5, 0.6) is 0 Å². The lowest BCUT2D eigenvalue weighted by atomic mass is 10.1. The number of nitrogens with zero attached hydrogens (tertiary/aromatic N) is 1. The van der Waals surface area contributed by atoms with Crippen molar-refractivity contribution in [2.45, 2.75) is 31.4 Å². The predicted octanol–water partition coefficient (Wildman–Crippen LogP) is 3.47. The first-order chi connectivity index (χ1) is 8.51. The van der Waals surface area contributed by atoms with E-state index in [0.717, 1.165) is 0 Å². The van der Waals surface area contributed by atoms with Crippen molar-refractivity contribution < 1.29 is 13.5 Å². The van der Waals surface area contributed by atoms with E-state index in [1.54, 1.807) is 4.90 Å². The van der Waals surface area contributed by atoms with Crippen molar-refractivity contribution >= 4 is 21.6 Å². The number of rotatable bonds is 2. The Labute approximate surface area is 114 Å². The Morgan fingerprint density at radius 3 is 2.17 bits per heavy atom. The predicted molar refractivity (Wildman–Crippen MR) is 71.2 cm³/mol. The Balaban J connectivity index is 2.32. The van der Waals surface area contributed by atoms with Gasteiger partial charge in [-0.05, 0) is 31.5 Å². The summed E-state index contributed by atoms with van der Waals surface area (Å²) in [6.07, 6.45) is -0.0493. The third kappa shape index (κ3) is 2.83. The summed E-state index contributed by atoms with van der Waals surface area (Å²) in [7, 11) is 0. The average Bonchev–Trinajstić information content (AvgIpc) is 2.26. The molecular formula is C13H16BrF2NO. The van der Waals surface area contributed by atoms with E-state index in [4.69, 9.17) is 4.74 Å². The van der Waals surface area contributed by atoms with Crippen molar-refractivity contribution in [2.24, 2.45) is 0 Å². The fourth-order valence-electron chi connectivity index (χ4n) is 2.36. The molecule has 1 saturated heterocycles. The standard InChI is InChI=1S/C13H16BrF2NO/c1-8-6-17(7-9(2)18-8)13-11(15)3-10(5-14)4-12(13)16/h3-4,8-9H,5-7H2,1-2H3/t8-,9+. The van der Waals surface area contributed by atoms with Crippen LogP contribution in [0, 0.1) is 11.6 Å². The van der Waals surface area contributed by atoms with Gasteiger partial charge in [-0.3, -0.25) is 0 Å². The molecule has 0 aromatic heterocycles. The van der Waals surface area contributed by atoms with Crippen molar-refractivity contribution in [1.82, 2.24) is 0 Å². The fourth-order valence-corrected chi connectivity index (χ4v) is 2.68. The van der Waals surface area contributed by atoms with Crippen LogP contribution in [0.3, 0.4) is 0 Å². The minimum atomic E-state index is -0.509. The van der Waals surface area contributed by atoms with Crippen LogP contribution in [0.2, 0.25) is 0 Å². The molecule has 2 atom stereocenters. The molecule has 2 nitrogen and oxygen atoms in total. The zero-order chi connectivity index (χ0) is 13.3. The molecule has 0 spiro atoms. The van der Waals surface area contributed by atoms with Crippen molar-refractivity contribution in [2.75, 3.05) is 18.0 Å². The van der Waals surface area contributed by atoms with Gasteiger partial charge >= 0.3 is 0 Å². The molecule has 0 unspecified atom stereocenters. The number of hydrogen-bond donors (Lipinski definition) is 0. The molecule has 18 heavy (non-hydrogen) atoms. The second-order valence-electron chi connectivity index (χ2n) is 4.70. The van der Waals surface area contributed by atoms with Crippen LogP contribution in [0.15, 0.2) is 12.1 Å². The van der Waals surface area contributed by atoms with Gasteiger partial charge in [-0.2, -0.15) is 0 Å². The third-order valence-electron chi connectivity index (χ3n) is 2.97. The van der Waals surface area contributed by atoms with Gasteiger partial charge in [-0.1, -0.05) is 15.9 Å². The number of benzene rings is 1. The van der Waals surface area contributed by atoms with Gasteiger partial charge in [0.05, 0.1) is 12.2 Å². The fraction of sp³-hybridized carbons (Fsp3) is 0.538. The first kappa shape index (κ1) is 13.7. The summed E-state index contributed by atoms with van der Waals surface area (Å²) in [6.45, 7) is 4.83. The number of halogens is 3. The smallest absolute Gasteiger partial charge is 0.149 e. The quantitative estimate of drug-likeness (QED) is 0.774. The zero-order valence-electron chi connectivity index (χ0n) is 10.4. The largest absolute Gasteiger partial charge is 0.372 e. The number of ether oxygens (including phenoxy) is 1. The maximum atomic E-state index is 14.0. The van der Waals surface area contributed by atoms with Crippen LogP contribution < -0.4 is 4.90 Å². The summed E-state index contributed by atoms with van der Waals surface area (Å²) in [5.74, 6) is -1.02. The molecule has 0 saturated carbocycles. The molecule has 2 rings (SSSR count). The van der Waals surface area contributed by atoms with Gasteiger partial charge in [0.25, 0.3) is 0 Å². The number of morpholine rings is 1. The maximum Gasteiger partial charge on any atom is 0.149 e. The van der Waals surface area contributed by atoms with Crippen LogP contribution >= 0.6 is 15.9 Å². The summed E-state index contributed by atoms with van der Waals surface area (Å²) in [6, 6.07) is 2.75. The van der Waals surface area contributed by atoms with Crippen LogP contribution in [-0.4, -0.2) is 25.3 Å². The Bertz CT molecular complexity index is 408. The molecule has 0 bridgehead atoms. The summed E-state index contributed by atoms with van der Waals surface area (Å²) in [5, 5.41) is 0.442. The molecule has 5 heteroatoms. The Morgan fingerprint density at radius 1 is 1.22 bits per heavy atom. The molecule has 1 aliphatic rings. The maximum absolute atomic E-state index is 14.0. The van der Waals surface area contributed by atoms with Crippen LogP contribution in [0.1, 0.15) is 19.4 Å². The minimum absolute atomic E-state index is 0.0246. The molecule has 0 aliphatic carbocycles. The van der Waals surface area contributed by atoms with Gasteiger partial charge in [0.15, 0.2) is 0 Å². The zero-order valence-corrected chi connectivity index (χ0v) is 12.0.